The Morgan fingerprint density at radius 1 is 1.00 bits per heavy atom. The number of urea groups is 1. The van der Waals surface area contributed by atoms with E-state index in [1.54, 1.807) is 0 Å². The zero-order valence-corrected chi connectivity index (χ0v) is 23.5. The van der Waals surface area contributed by atoms with Crippen molar-refractivity contribution >= 4 is 12.1 Å². The number of ether oxygens (including phenoxy) is 1. The van der Waals surface area contributed by atoms with Crippen molar-refractivity contribution in [1.29, 1.82) is 0 Å². The van der Waals surface area contributed by atoms with Gasteiger partial charge in [-0.2, -0.15) is 0 Å². The van der Waals surface area contributed by atoms with Gasteiger partial charge < -0.3 is 19.4 Å². The first-order valence-corrected chi connectivity index (χ1v) is 14.3. The lowest BCUT2D eigenvalue weighted by Gasteiger charge is -2.51. The zero-order valence-electron chi connectivity index (χ0n) is 23.5. The summed E-state index contributed by atoms with van der Waals surface area (Å²) in [4.78, 5) is 35.2. The van der Waals surface area contributed by atoms with E-state index >= 15 is 0 Å². The van der Waals surface area contributed by atoms with E-state index in [1.165, 1.54) is 18.4 Å². The van der Waals surface area contributed by atoms with Crippen LogP contribution in [0.4, 0.5) is 9.59 Å². The van der Waals surface area contributed by atoms with Crippen molar-refractivity contribution in [2.45, 2.75) is 94.9 Å². The van der Waals surface area contributed by atoms with Crippen LogP contribution in [0.5, 0.6) is 0 Å². The van der Waals surface area contributed by atoms with Crippen LogP contribution in [0.3, 0.4) is 0 Å². The Balaban J connectivity index is 1.30. The van der Waals surface area contributed by atoms with Gasteiger partial charge >= 0.3 is 12.1 Å². The molecule has 2 saturated heterocycles. The fourth-order valence-electron chi connectivity index (χ4n) is 6.93. The van der Waals surface area contributed by atoms with Gasteiger partial charge in [0.05, 0.1) is 5.54 Å². The van der Waals surface area contributed by atoms with Gasteiger partial charge in [0, 0.05) is 37.8 Å². The summed E-state index contributed by atoms with van der Waals surface area (Å²) in [6.07, 6.45) is 8.09. The maximum absolute atomic E-state index is 13.9. The molecule has 37 heavy (non-hydrogen) atoms. The van der Waals surface area contributed by atoms with Gasteiger partial charge in [-0.15, -0.1) is 0 Å². The lowest BCUT2D eigenvalue weighted by molar-refractivity contribution is 0.0144. The highest BCUT2D eigenvalue weighted by atomic mass is 16.6. The molecule has 2 aliphatic carbocycles. The van der Waals surface area contributed by atoms with Crippen LogP contribution < -0.4 is 0 Å². The molecule has 4 aliphatic rings. The Bertz CT molecular complexity index is 968. The molecule has 0 atom stereocenters. The molecule has 3 amide bonds. The maximum Gasteiger partial charge on any atom is 0.410 e. The number of likely N-dealkylation sites (tertiary alicyclic amines) is 1. The van der Waals surface area contributed by atoms with E-state index in [1.807, 2.05) is 25.7 Å². The molecule has 0 bridgehead atoms. The van der Waals surface area contributed by atoms with Crippen molar-refractivity contribution in [2.24, 2.45) is 5.92 Å². The van der Waals surface area contributed by atoms with Gasteiger partial charge in [0.15, 0.2) is 0 Å². The predicted octanol–water partition coefficient (Wildman–Crippen LogP) is 5.30. The standard InChI is InChI=1S/C30H46N4O3/c1-28(2,3)37-27(36)32-19-13-25(14-20-32)33-22-29(34(26(33)35)21-23-11-12-23)15-17-30(18-16-29,31(4)5)24-9-7-6-8-10-24/h6-10,23,25H,11-22H2,1-5H3. The van der Waals surface area contributed by atoms with Gasteiger partial charge in [0.25, 0.3) is 0 Å². The number of piperidine rings is 1. The van der Waals surface area contributed by atoms with Gasteiger partial charge in [0.2, 0.25) is 0 Å². The Morgan fingerprint density at radius 2 is 1.62 bits per heavy atom. The molecular formula is C30H46N4O3. The number of carbonyl (C=O) groups excluding carboxylic acids is 2. The molecule has 2 heterocycles. The molecule has 1 spiro atoms. The summed E-state index contributed by atoms with van der Waals surface area (Å²) >= 11 is 0. The quantitative estimate of drug-likeness (QED) is 0.539. The number of hydrogen-bond donors (Lipinski definition) is 0. The number of nitrogens with zero attached hydrogens (tertiary/aromatic N) is 4. The molecule has 0 unspecified atom stereocenters. The van der Waals surface area contributed by atoms with Gasteiger partial charge in [-0.05, 0) is 97.7 Å². The Kier molecular flexibility index (Phi) is 6.97. The van der Waals surface area contributed by atoms with Gasteiger partial charge in [-0.1, -0.05) is 30.3 Å². The summed E-state index contributed by atoms with van der Waals surface area (Å²) in [5.74, 6) is 0.671. The van der Waals surface area contributed by atoms with Crippen LogP contribution in [0.1, 0.15) is 77.7 Å². The minimum atomic E-state index is -0.489. The number of benzene rings is 1. The Hall–Kier alpha value is -2.28. The summed E-state index contributed by atoms with van der Waals surface area (Å²) < 4.78 is 5.59. The molecule has 7 nitrogen and oxygen atoms in total. The first kappa shape index (κ1) is 26.3. The molecule has 0 N–H and O–H groups in total. The van der Waals surface area contributed by atoms with Crippen molar-refractivity contribution in [3.8, 4) is 0 Å². The van der Waals surface area contributed by atoms with E-state index in [4.69, 9.17) is 4.74 Å². The molecule has 0 aromatic heterocycles. The molecule has 1 aromatic rings. The summed E-state index contributed by atoms with van der Waals surface area (Å²) in [6.45, 7) is 8.75. The molecular weight excluding hydrogens is 464 g/mol. The second-order valence-electron chi connectivity index (χ2n) is 13.2. The molecule has 0 radical (unpaired) electrons. The third kappa shape index (κ3) is 5.21. The second kappa shape index (κ2) is 9.79. The second-order valence-corrected chi connectivity index (χ2v) is 13.2. The smallest absolute Gasteiger partial charge is 0.410 e. The predicted molar refractivity (Wildman–Crippen MR) is 145 cm³/mol. The van der Waals surface area contributed by atoms with Gasteiger partial charge in [-0.25, -0.2) is 9.59 Å². The van der Waals surface area contributed by atoms with Crippen molar-refractivity contribution < 1.29 is 14.3 Å². The van der Waals surface area contributed by atoms with Crippen molar-refractivity contribution in [3.63, 3.8) is 0 Å². The Morgan fingerprint density at radius 3 is 2.16 bits per heavy atom. The first-order valence-electron chi connectivity index (χ1n) is 14.3. The highest BCUT2D eigenvalue weighted by molar-refractivity contribution is 5.79. The average molecular weight is 511 g/mol. The van der Waals surface area contributed by atoms with Crippen LogP contribution in [0.15, 0.2) is 30.3 Å². The lowest BCUT2D eigenvalue weighted by atomic mass is 9.68. The zero-order chi connectivity index (χ0) is 26.4. The van der Waals surface area contributed by atoms with Crippen LogP contribution in [0.2, 0.25) is 0 Å². The first-order chi connectivity index (χ1) is 17.5. The molecule has 1 aromatic carbocycles. The summed E-state index contributed by atoms with van der Waals surface area (Å²) in [5.41, 5.74) is 0.847. The fraction of sp³-hybridized carbons (Fsp3) is 0.733. The lowest BCUT2D eigenvalue weighted by Crippen LogP contribution is -2.55. The van der Waals surface area contributed by atoms with Gasteiger partial charge in [0.1, 0.15) is 5.60 Å². The summed E-state index contributed by atoms with van der Waals surface area (Å²) in [5, 5.41) is 0. The monoisotopic (exact) mass is 510 g/mol. The van der Waals surface area contributed by atoms with Crippen LogP contribution in [-0.2, 0) is 10.3 Å². The summed E-state index contributed by atoms with van der Waals surface area (Å²) in [7, 11) is 4.41. The number of rotatable bonds is 5. The van der Waals surface area contributed by atoms with Crippen molar-refractivity contribution in [3.05, 3.63) is 35.9 Å². The molecule has 204 valence electrons. The van der Waals surface area contributed by atoms with E-state index < -0.39 is 5.60 Å². The molecule has 2 saturated carbocycles. The third-order valence-electron chi connectivity index (χ3n) is 9.38. The SMILES string of the molecule is CN(C)C1(c2ccccc2)CCC2(CC1)CN(C1CCN(C(=O)OC(C)(C)C)CC1)C(=O)N2CC1CC1. The van der Waals surface area contributed by atoms with E-state index in [0.717, 1.165) is 51.6 Å². The number of carbonyl (C=O) groups is 2. The normalized spacial score (nSPS) is 29.5. The van der Waals surface area contributed by atoms with Crippen LogP contribution in [-0.4, -0.2) is 89.2 Å². The largest absolute Gasteiger partial charge is 0.444 e. The number of hydrogen-bond acceptors (Lipinski definition) is 4. The van der Waals surface area contributed by atoms with Crippen molar-refractivity contribution in [1.82, 2.24) is 19.6 Å². The fourth-order valence-corrected chi connectivity index (χ4v) is 6.93. The Labute approximate surface area is 223 Å². The summed E-state index contributed by atoms with van der Waals surface area (Å²) in [6, 6.07) is 11.4. The number of amides is 3. The van der Waals surface area contributed by atoms with Crippen LogP contribution >= 0.6 is 0 Å². The van der Waals surface area contributed by atoms with Gasteiger partial charge in [-0.3, -0.25) is 4.90 Å². The minimum Gasteiger partial charge on any atom is -0.444 e. The molecule has 5 rings (SSSR count). The molecule has 7 heteroatoms. The minimum absolute atomic E-state index is 0.0208. The molecule has 4 fully saturated rings. The third-order valence-corrected chi connectivity index (χ3v) is 9.38. The highest BCUT2D eigenvalue weighted by Gasteiger charge is 2.56. The van der Waals surface area contributed by atoms with Crippen molar-refractivity contribution in [2.75, 3.05) is 40.3 Å². The topological polar surface area (TPSA) is 56.3 Å². The van der Waals surface area contributed by atoms with E-state index in [-0.39, 0.29) is 29.2 Å². The highest BCUT2D eigenvalue weighted by Crippen LogP contribution is 2.50. The van der Waals surface area contributed by atoms with E-state index in [0.29, 0.717) is 19.0 Å². The molecule has 2 aliphatic heterocycles. The van der Waals surface area contributed by atoms with E-state index in [2.05, 4.69) is 59.1 Å². The average Bonchev–Trinajstić information content (AvgIpc) is 3.65. The maximum atomic E-state index is 13.9. The van der Waals surface area contributed by atoms with Crippen LogP contribution in [0, 0.1) is 5.92 Å². The van der Waals surface area contributed by atoms with E-state index in [9.17, 15) is 9.59 Å². The van der Waals surface area contributed by atoms with Crippen LogP contribution in [0.25, 0.3) is 0 Å².